The minimum absolute atomic E-state index is 0.0167. The van der Waals surface area contributed by atoms with Crippen molar-refractivity contribution >= 4 is 29.3 Å². The Hall–Kier alpha value is -3.90. The smallest absolute Gasteiger partial charge is 0.246 e. The number of rotatable bonds is 14. The zero-order valence-electron chi connectivity index (χ0n) is 24.2. The molecule has 1 aromatic carbocycles. The average molecular weight is 534 g/mol. The van der Waals surface area contributed by atoms with Gasteiger partial charge in [-0.2, -0.15) is 4.98 Å². The summed E-state index contributed by atoms with van der Waals surface area (Å²) in [5.74, 6) is 7.60. The second kappa shape index (κ2) is 16.8. The zero-order valence-corrected chi connectivity index (χ0v) is 24.2. The fraction of sp³-hybridized carbons (Fsp3) is 0.467. The van der Waals surface area contributed by atoms with Gasteiger partial charge >= 0.3 is 0 Å². The van der Waals surface area contributed by atoms with Gasteiger partial charge in [-0.25, -0.2) is 4.98 Å². The van der Waals surface area contributed by atoms with Crippen LogP contribution in [-0.4, -0.2) is 78.9 Å². The van der Waals surface area contributed by atoms with E-state index < -0.39 is 0 Å². The van der Waals surface area contributed by atoms with Crippen LogP contribution in [0.5, 0.6) is 0 Å². The van der Waals surface area contributed by atoms with Crippen molar-refractivity contribution in [1.29, 1.82) is 0 Å². The first-order valence-electron chi connectivity index (χ1n) is 13.5. The summed E-state index contributed by atoms with van der Waals surface area (Å²) in [6.45, 7) is 8.39. The lowest BCUT2D eigenvalue weighted by molar-refractivity contribution is -0.131. The molecule has 9 nitrogen and oxygen atoms in total. The number of nitrogens with zero attached hydrogens (tertiary/aromatic N) is 4. The molecule has 1 aromatic heterocycles. The minimum atomic E-state index is -0.196. The predicted molar refractivity (Wildman–Crippen MR) is 159 cm³/mol. The predicted octanol–water partition coefficient (Wildman–Crippen LogP) is 3.99. The molecule has 0 aliphatic rings. The Balaban J connectivity index is 1.85. The summed E-state index contributed by atoms with van der Waals surface area (Å²) in [5.41, 5.74) is 2.94. The van der Waals surface area contributed by atoms with Crippen LogP contribution in [0.3, 0.4) is 0 Å². The van der Waals surface area contributed by atoms with Gasteiger partial charge in [-0.15, -0.1) is 0 Å². The maximum Gasteiger partial charge on any atom is 0.246 e. The van der Waals surface area contributed by atoms with Crippen molar-refractivity contribution in [2.75, 3.05) is 58.0 Å². The van der Waals surface area contributed by atoms with Gasteiger partial charge in [0.05, 0.1) is 18.3 Å². The first kappa shape index (κ1) is 31.3. The molecule has 3 N–H and O–H groups in total. The summed E-state index contributed by atoms with van der Waals surface area (Å²) in [4.78, 5) is 36.6. The third kappa shape index (κ3) is 12.0. The lowest BCUT2D eigenvalue weighted by Crippen LogP contribution is -2.38. The number of anilines is 3. The van der Waals surface area contributed by atoms with E-state index >= 15 is 0 Å². The molecule has 39 heavy (non-hydrogen) atoms. The molecule has 9 heteroatoms. The van der Waals surface area contributed by atoms with E-state index in [1.807, 2.05) is 31.1 Å². The van der Waals surface area contributed by atoms with Gasteiger partial charge in [-0.1, -0.05) is 50.8 Å². The van der Waals surface area contributed by atoms with Gasteiger partial charge in [0.15, 0.2) is 0 Å². The highest BCUT2D eigenvalue weighted by molar-refractivity contribution is 5.91. The highest BCUT2D eigenvalue weighted by atomic mass is 16.2. The molecule has 0 radical (unpaired) electrons. The van der Waals surface area contributed by atoms with Crippen molar-refractivity contribution in [2.45, 2.75) is 46.0 Å². The molecule has 1 heterocycles. The van der Waals surface area contributed by atoms with Crippen LogP contribution in [0.1, 0.15) is 57.1 Å². The molecule has 0 aliphatic carbocycles. The lowest BCUT2D eigenvalue weighted by Gasteiger charge is -2.14. The van der Waals surface area contributed by atoms with Crippen LogP contribution in [0.2, 0.25) is 0 Å². The Labute approximate surface area is 233 Å². The number of hydrogen-bond donors (Lipinski definition) is 3. The van der Waals surface area contributed by atoms with Crippen molar-refractivity contribution in [3.05, 3.63) is 53.7 Å². The van der Waals surface area contributed by atoms with Crippen LogP contribution >= 0.6 is 0 Å². The third-order valence-corrected chi connectivity index (χ3v) is 5.68. The van der Waals surface area contributed by atoms with E-state index in [9.17, 15) is 9.59 Å². The Morgan fingerprint density at radius 1 is 1.10 bits per heavy atom. The highest BCUT2D eigenvalue weighted by Gasteiger charge is 2.10. The monoisotopic (exact) mass is 533 g/mol. The number of benzene rings is 1. The van der Waals surface area contributed by atoms with E-state index in [4.69, 9.17) is 0 Å². The Bertz CT molecular complexity index is 1150. The summed E-state index contributed by atoms with van der Waals surface area (Å²) in [5, 5.41) is 9.44. The van der Waals surface area contributed by atoms with Crippen LogP contribution in [0.25, 0.3) is 0 Å². The zero-order chi connectivity index (χ0) is 28.6. The molecule has 0 spiro atoms. The van der Waals surface area contributed by atoms with Crippen molar-refractivity contribution < 1.29 is 9.59 Å². The minimum Gasteiger partial charge on any atom is -0.369 e. The normalized spacial score (nSPS) is 10.9. The molecule has 210 valence electrons. The number of hydrogen-bond acceptors (Lipinski definition) is 7. The topological polar surface area (TPSA) is 102 Å². The molecule has 0 atom stereocenters. The maximum absolute atomic E-state index is 12.1. The van der Waals surface area contributed by atoms with Crippen molar-refractivity contribution in [1.82, 2.24) is 25.1 Å². The molecule has 0 saturated heterocycles. The standard InChI is InChI=1S/C30H43N7O2/c1-7-18-32-29-25(21-33-30(35-29)34-26-16-14-24(15-17-26)23(2)3)12-9-8-10-19-31-27(38)22-37(6)28(39)13-11-20-36(4)5/h11,13-17,21,23H,7-8,10,18-20,22H2,1-6H3,(H,31,38)(H2,32,33,34,35)/b13-11+. The largest absolute Gasteiger partial charge is 0.369 e. The molecule has 2 aromatic rings. The number of likely N-dealkylation sites (N-methyl/N-ethyl adjacent to an activating group) is 2. The highest BCUT2D eigenvalue weighted by Crippen LogP contribution is 2.20. The van der Waals surface area contributed by atoms with Crippen LogP contribution in [0.4, 0.5) is 17.5 Å². The van der Waals surface area contributed by atoms with Gasteiger partial charge in [0, 0.05) is 44.9 Å². The molecule has 0 saturated carbocycles. The molecule has 0 bridgehead atoms. The quantitative estimate of drug-likeness (QED) is 0.192. The van der Waals surface area contributed by atoms with Gasteiger partial charge in [-0.05, 0) is 50.6 Å². The Morgan fingerprint density at radius 3 is 2.51 bits per heavy atom. The number of unbranched alkanes of at least 4 members (excludes halogenated alkanes) is 1. The number of carbonyl (C=O) groups is 2. The molecule has 0 aliphatic heterocycles. The van der Waals surface area contributed by atoms with Gasteiger partial charge in [0.2, 0.25) is 17.8 Å². The molecule has 2 rings (SSSR count). The third-order valence-electron chi connectivity index (χ3n) is 5.68. The SMILES string of the molecule is CCCNc1nc(Nc2ccc(C(C)C)cc2)ncc1C#CCCCNC(=O)CN(C)C(=O)/C=C/CN(C)C. The first-order chi connectivity index (χ1) is 18.7. The fourth-order valence-corrected chi connectivity index (χ4v) is 3.40. The first-order valence-corrected chi connectivity index (χ1v) is 13.5. The number of carbonyl (C=O) groups excluding carboxylic acids is 2. The van der Waals surface area contributed by atoms with Gasteiger partial charge in [0.1, 0.15) is 5.82 Å². The van der Waals surface area contributed by atoms with Crippen molar-refractivity contribution in [3.63, 3.8) is 0 Å². The van der Waals surface area contributed by atoms with E-state index in [-0.39, 0.29) is 18.4 Å². The summed E-state index contributed by atoms with van der Waals surface area (Å²) < 4.78 is 0. The van der Waals surface area contributed by atoms with Gasteiger partial charge in [-0.3, -0.25) is 9.59 Å². The van der Waals surface area contributed by atoms with E-state index in [1.165, 1.54) is 16.5 Å². The molecule has 0 fully saturated rings. The number of aromatic nitrogens is 2. The summed E-state index contributed by atoms with van der Waals surface area (Å²) in [6.07, 6.45) is 7.26. The molecule has 2 amide bonds. The maximum atomic E-state index is 12.1. The van der Waals surface area contributed by atoms with Crippen LogP contribution in [0.15, 0.2) is 42.6 Å². The fourth-order valence-electron chi connectivity index (χ4n) is 3.40. The molecular formula is C30H43N7O2. The second-order valence-corrected chi connectivity index (χ2v) is 9.90. The van der Waals surface area contributed by atoms with E-state index in [1.54, 1.807) is 19.3 Å². The molecular weight excluding hydrogens is 490 g/mol. The number of nitrogens with one attached hydrogen (secondary N) is 3. The lowest BCUT2D eigenvalue weighted by atomic mass is 10.0. The van der Waals surface area contributed by atoms with Crippen molar-refractivity contribution in [2.24, 2.45) is 0 Å². The summed E-state index contributed by atoms with van der Waals surface area (Å²) in [6, 6.07) is 8.27. The van der Waals surface area contributed by atoms with Crippen molar-refractivity contribution in [3.8, 4) is 11.8 Å². The van der Waals surface area contributed by atoms with E-state index in [0.717, 1.165) is 24.2 Å². The van der Waals surface area contributed by atoms with Gasteiger partial charge < -0.3 is 25.8 Å². The van der Waals surface area contributed by atoms with Crippen LogP contribution in [-0.2, 0) is 9.59 Å². The Morgan fingerprint density at radius 2 is 1.85 bits per heavy atom. The summed E-state index contributed by atoms with van der Waals surface area (Å²) >= 11 is 0. The van der Waals surface area contributed by atoms with Gasteiger partial charge in [0.25, 0.3) is 0 Å². The Kier molecular flexibility index (Phi) is 13.5. The van der Waals surface area contributed by atoms with Crippen LogP contribution in [0, 0.1) is 11.8 Å². The van der Waals surface area contributed by atoms with E-state index in [0.29, 0.717) is 43.6 Å². The second-order valence-electron chi connectivity index (χ2n) is 9.90. The van der Waals surface area contributed by atoms with E-state index in [2.05, 4.69) is 70.7 Å². The number of amides is 2. The molecule has 0 unspecified atom stereocenters. The summed E-state index contributed by atoms with van der Waals surface area (Å²) in [7, 11) is 5.46. The average Bonchev–Trinajstić information content (AvgIpc) is 2.90. The van der Waals surface area contributed by atoms with Crippen LogP contribution < -0.4 is 16.0 Å².